The van der Waals surface area contributed by atoms with Gasteiger partial charge in [0.15, 0.2) is 0 Å². The summed E-state index contributed by atoms with van der Waals surface area (Å²) < 4.78 is 4.56. The molecule has 2 aromatic carbocycles. The van der Waals surface area contributed by atoms with E-state index in [2.05, 4.69) is 10.1 Å². The first-order valence-corrected chi connectivity index (χ1v) is 9.27. The smallest absolute Gasteiger partial charge is 0.338 e. The quantitative estimate of drug-likeness (QED) is 0.310. The van der Waals surface area contributed by atoms with Crippen LogP contribution >= 0.6 is 23.4 Å². The maximum Gasteiger partial charge on any atom is 0.338 e. The number of esters is 1. The normalized spacial score (nSPS) is 10.3. The van der Waals surface area contributed by atoms with Gasteiger partial charge in [0, 0.05) is 17.6 Å². The van der Waals surface area contributed by atoms with E-state index in [1.54, 1.807) is 12.1 Å². The third kappa shape index (κ3) is 6.26. The number of nitro benzene ring substituents is 1. The largest absolute Gasteiger partial charge is 0.465 e. The minimum Gasteiger partial charge on any atom is -0.465 e. The Bertz CT molecular complexity index is 842. The van der Waals surface area contributed by atoms with Crippen LogP contribution in [0.3, 0.4) is 0 Å². The molecule has 0 radical (unpaired) electrons. The molecule has 0 aliphatic heterocycles. The second kappa shape index (κ2) is 9.94. The summed E-state index contributed by atoms with van der Waals surface area (Å²) in [5.74, 6) is -0.867. The number of nitrogens with one attached hydrogen (secondary N) is 1. The van der Waals surface area contributed by atoms with Crippen molar-refractivity contribution in [2.24, 2.45) is 0 Å². The summed E-state index contributed by atoms with van der Waals surface area (Å²) in [6.45, 7) is 0.449. The SMILES string of the molecule is COC(=O)c1ccc(SCC(=O)NCCc2ccc(Cl)cc2)c([N+](=O)[O-])c1. The van der Waals surface area contributed by atoms with Crippen molar-refractivity contribution in [3.8, 4) is 0 Å². The molecule has 0 unspecified atom stereocenters. The van der Waals surface area contributed by atoms with Crippen LogP contribution in [0.5, 0.6) is 0 Å². The van der Waals surface area contributed by atoms with E-state index in [0.717, 1.165) is 23.4 Å². The van der Waals surface area contributed by atoms with E-state index in [1.807, 2.05) is 12.1 Å². The molecule has 0 aliphatic carbocycles. The zero-order valence-corrected chi connectivity index (χ0v) is 16.0. The number of carbonyl (C=O) groups excluding carboxylic acids is 2. The molecular weight excluding hydrogens is 392 g/mol. The summed E-state index contributed by atoms with van der Waals surface area (Å²) in [6.07, 6.45) is 0.654. The Morgan fingerprint density at radius 2 is 1.93 bits per heavy atom. The van der Waals surface area contributed by atoms with Crippen LogP contribution in [0.25, 0.3) is 0 Å². The molecule has 0 aromatic heterocycles. The van der Waals surface area contributed by atoms with Crippen molar-refractivity contribution in [2.75, 3.05) is 19.4 Å². The Labute approximate surface area is 165 Å². The van der Waals surface area contributed by atoms with E-state index in [-0.39, 0.29) is 22.9 Å². The van der Waals surface area contributed by atoms with Gasteiger partial charge in [-0.15, -0.1) is 11.8 Å². The third-order valence-corrected chi connectivity index (χ3v) is 4.90. The molecule has 142 valence electrons. The van der Waals surface area contributed by atoms with Gasteiger partial charge in [-0.3, -0.25) is 14.9 Å². The lowest BCUT2D eigenvalue weighted by Crippen LogP contribution is -2.27. The number of nitrogens with zero attached hydrogens (tertiary/aromatic N) is 1. The van der Waals surface area contributed by atoms with Crippen molar-refractivity contribution in [1.29, 1.82) is 0 Å². The highest BCUT2D eigenvalue weighted by molar-refractivity contribution is 8.00. The monoisotopic (exact) mass is 408 g/mol. The fourth-order valence-corrected chi connectivity index (χ4v) is 3.18. The summed E-state index contributed by atoms with van der Waals surface area (Å²) in [5, 5.41) is 14.6. The molecule has 0 spiro atoms. The number of hydrogen-bond acceptors (Lipinski definition) is 6. The van der Waals surface area contributed by atoms with E-state index in [1.165, 1.54) is 19.2 Å². The van der Waals surface area contributed by atoms with Crippen molar-refractivity contribution in [3.63, 3.8) is 0 Å². The average molecular weight is 409 g/mol. The van der Waals surface area contributed by atoms with Crippen LogP contribution in [0.4, 0.5) is 5.69 Å². The van der Waals surface area contributed by atoms with Gasteiger partial charge >= 0.3 is 5.97 Å². The molecule has 1 amide bonds. The van der Waals surface area contributed by atoms with Crippen molar-refractivity contribution >= 4 is 40.9 Å². The highest BCUT2D eigenvalue weighted by atomic mass is 35.5. The van der Waals surface area contributed by atoms with Gasteiger partial charge in [-0.05, 0) is 36.2 Å². The number of carbonyl (C=O) groups is 2. The first kappa shape index (κ1) is 20.7. The first-order chi connectivity index (χ1) is 12.9. The van der Waals surface area contributed by atoms with Crippen molar-refractivity contribution in [3.05, 3.63) is 68.7 Å². The van der Waals surface area contributed by atoms with Crippen LogP contribution in [-0.2, 0) is 16.0 Å². The fraction of sp³-hybridized carbons (Fsp3) is 0.222. The topological polar surface area (TPSA) is 98.5 Å². The Morgan fingerprint density at radius 3 is 2.56 bits per heavy atom. The van der Waals surface area contributed by atoms with E-state index >= 15 is 0 Å². The molecular formula is C18H17ClN2O5S. The van der Waals surface area contributed by atoms with Crippen LogP contribution in [0.15, 0.2) is 47.4 Å². The zero-order chi connectivity index (χ0) is 19.8. The van der Waals surface area contributed by atoms with Gasteiger partial charge in [0.25, 0.3) is 5.69 Å². The van der Waals surface area contributed by atoms with E-state index in [0.29, 0.717) is 22.9 Å². The standard InChI is InChI=1S/C18H17ClN2O5S/c1-26-18(23)13-4-7-16(15(10-13)21(24)25)27-11-17(22)20-9-8-12-2-5-14(19)6-3-12/h2-7,10H,8-9,11H2,1H3,(H,20,22). The van der Waals surface area contributed by atoms with Gasteiger partial charge in [-0.25, -0.2) is 4.79 Å². The Hall–Kier alpha value is -2.58. The number of halogens is 1. The van der Waals surface area contributed by atoms with Crippen LogP contribution in [0.2, 0.25) is 5.02 Å². The second-order valence-electron chi connectivity index (χ2n) is 5.45. The molecule has 0 saturated heterocycles. The van der Waals surface area contributed by atoms with Gasteiger partial charge in [-0.2, -0.15) is 0 Å². The highest BCUT2D eigenvalue weighted by Gasteiger charge is 2.19. The molecule has 0 heterocycles. The number of nitro groups is 1. The minimum absolute atomic E-state index is 0.0268. The van der Waals surface area contributed by atoms with Crippen molar-refractivity contribution in [2.45, 2.75) is 11.3 Å². The number of methoxy groups -OCH3 is 1. The highest BCUT2D eigenvalue weighted by Crippen LogP contribution is 2.30. The van der Waals surface area contributed by atoms with Gasteiger partial charge < -0.3 is 10.1 Å². The lowest BCUT2D eigenvalue weighted by Gasteiger charge is -2.07. The maximum absolute atomic E-state index is 12.0. The molecule has 0 atom stereocenters. The summed E-state index contributed by atoms with van der Waals surface area (Å²) in [5.41, 5.74) is 0.888. The summed E-state index contributed by atoms with van der Waals surface area (Å²) in [4.78, 5) is 34.4. The summed E-state index contributed by atoms with van der Waals surface area (Å²) >= 11 is 6.86. The molecule has 0 saturated carbocycles. The second-order valence-corrected chi connectivity index (χ2v) is 6.90. The number of rotatable bonds is 8. The molecule has 2 rings (SSSR count). The van der Waals surface area contributed by atoms with E-state index in [9.17, 15) is 19.7 Å². The lowest BCUT2D eigenvalue weighted by molar-refractivity contribution is -0.387. The molecule has 1 N–H and O–H groups in total. The number of benzene rings is 2. The zero-order valence-electron chi connectivity index (χ0n) is 14.4. The Balaban J connectivity index is 1.89. The van der Waals surface area contributed by atoms with Crippen molar-refractivity contribution in [1.82, 2.24) is 5.32 Å². The maximum atomic E-state index is 12.0. The molecule has 0 bridgehead atoms. The van der Waals surface area contributed by atoms with Crippen LogP contribution in [-0.4, -0.2) is 36.2 Å². The molecule has 7 nitrogen and oxygen atoms in total. The molecule has 9 heteroatoms. The van der Waals surface area contributed by atoms with Crippen LogP contribution in [0, 0.1) is 10.1 Å². The first-order valence-electron chi connectivity index (χ1n) is 7.91. The molecule has 0 fully saturated rings. The third-order valence-electron chi connectivity index (χ3n) is 3.58. The minimum atomic E-state index is -0.658. The average Bonchev–Trinajstić information content (AvgIpc) is 2.67. The summed E-state index contributed by atoms with van der Waals surface area (Å²) in [7, 11) is 1.20. The van der Waals surface area contributed by atoms with Crippen molar-refractivity contribution < 1.29 is 19.2 Å². The van der Waals surface area contributed by atoms with Gasteiger partial charge in [0.1, 0.15) is 0 Å². The van der Waals surface area contributed by atoms with Gasteiger partial charge in [0.2, 0.25) is 5.91 Å². The molecule has 27 heavy (non-hydrogen) atoms. The lowest BCUT2D eigenvalue weighted by atomic mass is 10.1. The molecule has 2 aromatic rings. The Morgan fingerprint density at radius 1 is 1.22 bits per heavy atom. The predicted octanol–water partition coefficient (Wildman–Crippen LogP) is 3.49. The number of hydrogen-bond donors (Lipinski definition) is 1. The number of amides is 1. The van der Waals surface area contributed by atoms with E-state index < -0.39 is 10.9 Å². The number of thioether (sulfide) groups is 1. The predicted molar refractivity (Wildman–Crippen MR) is 103 cm³/mol. The van der Waals surface area contributed by atoms with Crippen LogP contribution in [0.1, 0.15) is 15.9 Å². The fourth-order valence-electron chi connectivity index (χ4n) is 2.22. The summed E-state index contributed by atoms with van der Waals surface area (Å²) in [6, 6.07) is 11.4. The number of ether oxygens (including phenoxy) is 1. The van der Waals surface area contributed by atoms with Gasteiger partial charge in [0.05, 0.1) is 28.2 Å². The van der Waals surface area contributed by atoms with Gasteiger partial charge in [-0.1, -0.05) is 23.7 Å². The Kier molecular flexibility index (Phi) is 7.63. The van der Waals surface area contributed by atoms with E-state index in [4.69, 9.17) is 11.6 Å². The van der Waals surface area contributed by atoms with Crippen LogP contribution < -0.4 is 5.32 Å². The molecule has 0 aliphatic rings.